The molecule has 1 heteroatoms. The first-order chi connectivity index (χ1) is 4.33. The minimum atomic E-state index is 0.981. The standard InChI is InChI=1S/C8H10N/c1-3-8-4-5-9-7(2)6-8/h4-5H,3H2,1-2H3. The Hall–Kier alpha value is -0.850. The molecule has 0 N–H and O–H groups in total. The number of aryl methyl sites for hydroxylation is 2. The van der Waals surface area contributed by atoms with E-state index in [1.807, 2.05) is 19.2 Å². The highest BCUT2D eigenvalue weighted by Gasteiger charge is 1.88. The molecule has 0 saturated heterocycles. The molecular weight excluding hydrogens is 110 g/mol. The molecule has 1 radical (unpaired) electrons. The van der Waals surface area contributed by atoms with Crippen molar-refractivity contribution in [2.45, 2.75) is 20.3 Å². The van der Waals surface area contributed by atoms with Crippen LogP contribution in [-0.2, 0) is 6.42 Å². The number of pyridine rings is 1. The molecule has 0 spiro atoms. The molecule has 0 bridgehead atoms. The van der Waals surface area contributed by atoms with Gasteiger partial charge in [-0.3, -0.25) is 4.98 Å². The van der Waals surface area contributed by atoms with Crippen LogP contribution in [0.3, 0.4) is 0 Å². The van der Waals surface area contributed by atoms with E-state index in [0.717, 1.165) is 12.1 Å². The van der Waals surface area contributed by atoms with Crippen molar-refractivity contribution in [1.29, 1.82) is 0 Å². The summed E-state index contributed by atoms with van der Waals surface area (Å²) in [5, 5.41) is 0. The van der Waals surface area contributed by atoms with Crippen molar-refractivity contribution < 1.29 is 0 Å². The second-order valence-corrected chi connectivity index (χ2v) is 2.03. The number of rotatable bonds is 1. The Morgan fingerprint density at radius 2 is 2.44 bits per heavy atom. The second-order valence-electron chi connectivity index (χ2n) is 2.03. The largest absolute Gasteiger partial charge is 0.261 e. The maximum Gasteiger partial charge on any atom is 0.0454 e. The maximum atomic E-state index is 4.03. The Morgan fingerprint density at radius 3 is 2.89 bits per heavy atom. The van der Waals surface area contributed by atoms with Crippen LogP contribution in [0.5, 0.6) is 0 Å². The summed E-state index contributed by atoms with van der Waals surface area (Å²) < 4.78 is 0. The summed E-state index contributed by atoms with van der Waals surface area (Å²) in [6.07, 6.45) is 2.87. The highest BCUT2D eigenvalue weighted by Crippen LogP contribution is 1.98. The molecule has 0 unspecified atom stereocenters. The summed E-state index contributed by atoms with van der Waals surface area (Å²) in [7, 11) is 0. The molecule has 1 aromatic rings. The predicted molar refractivity (Wildman–Crippen MR) is 37.2 cm³/mol. The van der Waals surface area contributed by atoms with E-state index in [4.69, 9.17) is 0 Å². The Morgan fingerprint density at radius 1 is 1.67 bits per heavy atom. The molecule has 1 aromatic heterocycles. The molecule has 0 aliphatic rings. The fourth-order valence-corrected chi connectivity index (χ4v) is 0.752. The van der Waals surface area contributed by atoms with E-state index >= 15 is 0 Å². The van der Waals surface area contributed by atoms with Gasteiger partial charge in [0.1, 0.15) is 0 Å². The molecule has 9 heavy (non-hydrogen) atoms. The Bertz CT molecular complexity index is 194. The molecule has 0 aliphatic carbocycles. The highest BCUT2D eigenvalue weighted by atomic mass is 14.6. The van der Waals surface area contributed by atoms with Gasteiger partial charge in [0.15, 0.2) is 0 Å². The van der Waals surface area contributed by atoms with E-state index < -0.39 is 0 Å². The summed E-state index contributed by atoms with van der Waals surface area (Å²) in [6, 6.07) is 5.14. The van der Waals surface area contributed by atoms with E-state index in [0.29, 0.717) is 0 Å². The Kier molecular flexibility index (Phi) is 1.83. The van der Waals surface area contributed by atoms with Crippen molar-refractivity contribution in [3.8, 4) is 0 Å². The highest BCUT2D eigenvalue weighted by molar-refractivity contribution is 5.12. The van der Waals surface area contributed by atoms with Crippen molar-refractivity contribution in [1.82, 2.24) is 4.98 Å². The quantitative estimate of drug-likeness (QED) is 0.550. The molecule has 0 amide bonds. The van der Waals surface area contributed by atoms with Gasteiger partial charge in [0, 0.05) is 18.0 Å². The van der Waals surface area contributed by atoms with E-state index in [1.165, 1.54) is 5.56 Å². The summed E-state index contributed by atoms with van der Waals surface area (Å²) in [5.41, 5.74) is 2.22. The van der Waals surface area contributed by atoms with Gasteiger partial charge < -0.3 is 0 Å². The van der Waals surface area contributed by atoms with Crippen LogP contribution >= 0.6 is 0 Å². The zero-order valence-electron chi connectivity index (χ0n) is 5.81. The average Bonchev–Trinajstić information content (AvgIpc) is 1.88. The van der Waals surface area contributed by atoms with Gasteiger partial charge in [-0.25, -0.2) is 0 Å². The minimum absolute atomic E-state index is 0.981. The summed E-state index contributed by atoms with van der Waals surface area (Å²) >= 11 is 0. The maximum absolute atomic E-state index is 4.03. The van der Waals surface area contributed by atoms with Gasteiger partial charge in [-0.2, -0.15) is 0 Å². The van der Waals surface area contributed by atoms with Crippen molar-refractivity contribution in [2.75, 3.05) is 0 Å². The third kappa shape index (κ3) is 1.53. The first kappa shape index (κ1) is 6.27. The van der Waals surface area contributed by atoms with Crippen LogP contribution in [-0.4, -0.2) is 4.98 Å². The molecule has 0 atom stereocenters. The van der Waals surface area contributed by atoms with Crippen LogP contribution < -0.4 is 0 Å². The number of hydrogen-bond acceptors (Lipinski definition) is 1. The van der Waals surface area contributed by atoms with Crippen molar-refractivity contribution in [3.63, 3.8) is 0 Å². The lowest BCUT2D eigenvalue weighted by molar-refractivity contribution is 1.08. The topological polar surface area (TPSA) is 12.9 Å². The first-order valence-electron chi connectivity index (χ1n) is 3.16. The third-order valence-corrected chi connectivity index (χ3v) is 1.27. The van der Waals surface area contributed by atoms with E-state index in [2.05, 4.69) is 18.0 Å². The van der Waals surface area contributed by atoms with Crippen molar-refractivity contribution in [2.24, 2.45) is 0 Å². The predicted octanol–water partition coefficient (Wildman–Crippen LogP) is 1.75. The van der Waals surface area contributed by atoms with Crippen LogP contribution in [0.1, 0.15) is 18.2 Å². The zero-order valence-corrected chi connectivity index (χ0v) is 5.81. The van der Waals surface area contributed by atoms with Gasteiger partial charge in [0.25, 0.3) is 0 Å². The number of nitrogens with zero attached hydrogens (tertiary/aromatic N) is 1. The van der Waals surface area contributed by atoms with Gasteiger partial charge in [-0.1, -0.05) is 6.92 Å². The first-order valence-corrected chi connectivity index (χ1v) is 3.16. The normalized spacial score (nSPS) is 9.56. The third-order valence-electron chi connectivity index (χ3n) is 1.27. The summed E-state index contributed by atoms with van der Waals surface area (Å²) in [5.74, 6) is 0. The monoisotopic (exact) mass is 120 g/mol. The minimum Gasteiger partial charge on any atom is -0.261 e. The van der Waals surface area contributed by atoms with Crippen LogP contribution in [0.2, 0.25) is 0 Å². The Labute approximate surface area is 55.7 Å². The van der Waals surface area contributed by atoms with E-state index in [1.54, 1.807) is 0 Å². The van der Waals surface area contributed by atoms with Gasteiger partial charge >= 0.3 is 0 Å². The zero-order chi connectivity index (χ0) is 6.69. The molecule has 0 aromatic carbocycles. The van der Waals surface area contributed by atoms with Crippen molar-refractivity contribution in [3.05, 3.63) is 29.6 Å². The van der Waals surface area contributed by atoms with Crippen LogP contribution in [0.4, 0.5) is 0 Å². The van der Waals surface area contributed by atoms with Gasteiger partial charge in [-0.05, 0) is 25.0 Å². The number of hydrogen-bond donors (Lipinski definition) is 0. The average molecular weight is 120 g/mol. The van der Waals surface area contributed by atoms with Gasteiger partial charge in [0.05, 0.1) is 0 Å². The lowest BCUT2D eigenvalue weighted by Crippen LogP contribution is -1.84. The fraction of sp³-hybridized carbons (Fsp3) is 0.375. The second kappa shape index (κ2) is 2.62. The van der Waals surface area contributed by atoms with Gasteiger partial charge in [0.2, 0.25) is 0 Å². The molecule has 47 valence electrons. The Balaban J connectivity index is 2.94. The van der Waals surface area contributed by atoms with E-state index in [-0.39, 0.29) is 0 Å². The molecular formula is C8H10N. The number of aromatic nitrogens is 1. The van der Waals surface area contributed by atoms with Crippen LogP contribution in [0.15, 0.2) is 12.3 Å². The summed E-state index contributed by atoms with van der Waals surface area (Å²) in [6.45, 7) is 4.07. The molecule has 0 fully saturated rings. The van der Waals surface area contributed by atoms with Crippen LogP contribution in [0.25, 0.3) is 0 Å². The van der Waals surface area contributed by atoms with Gasteiger partial charge in [-0.15, -0.1) is 0 Å². The molecule has 1 heterocycles. The lowest BCUT2D eigenvalue weighted by Gasteiger charge is -1.93. The van der Waals surface area contributed by atoms with E-state index in [9.17, 15) is 0 Å². The molecule has 1 rings (SSSR count). The SMILES string of the molecule is CCc1[c]c(C)ncc1. The molecule has 1 nitrogen and oxygen atoms in total. The van der Waals surface area contributed by atoms with Crippen LogP contribution in [0, 0.1) is 13.0 Å². The molecule has 0 saturated carbocycles. The fourth-order valence-electron chi connectivity index (χ4n) is 0.752. The molecule has 0 aliphatic heterocycles. The summed E-state index contributed by atoms with van der Waals surface area (Å²) in [4.78, 5) is 4.03. The lowest BCUT2D eigenvalue weighted by atomic mass is 10.2. The van der Waals surface area contributed by atoms with Crippen molar-refractivity contribution >= 4 is 0 Å². The smallest absolute Gasteiger partial charge is 0.0454 e.